The van der Waals surface area contributed by atoms with Gasteiger partial charge < -0.3 is 5.32 Å². The van der Waals surface area contributed by atoms with Gasteiger partial charge in [-0.3, -0.25) is 9.10 Å². The molecular formula is C22H18Cl2N2O3S. The summed E-state index contributed by atoms with van der Waals surface area (Å²) < 4.78 is 28.0. The molecule has 1 aliphatic rings. The van der Waals surface area contributed by atoms with Gasteiger partial charge in [0.05, 0.1) is 21.4 Å². The summed E-state index contributed by atoms with van der Waals surface area (Å²) in [6.07, 6.45) is 0.624. The zero-order chi connectivity index (χ0) is 21.5. The smallest absolute Gasteiger partial charge is 0.265 e. The lowest BCUT2D eigenvalue weighted by atomic mass is 10.2. The molecule has 3 aromatic carbocycles. The highest BCUT2D eigenvalue weighted by Crippen LogP contribution is 2.35. The first-order valence-electron chi connectivity index (χ1n) is 9.25. The van der Waals surface area contributed by atoms with Crippen molar-refractivity contribution in [2.45, 2.75) is 18.2 Å². The molecule has 0 fully saturated rings. The van der Waals surface area contributed by atoms with Crippen molar-refractivity contribution in [2.24, 2.45) is 0 Å². The second-order valence-corrected chi connectivity index (χ2v) is 9.68. The van der Waals surface area contributed by atoms with Crippen LogP contribution in [-0.4, -0.2) is 20.9 Å². The minimum Gasteiger partial charge on any atom is -0.321 e. The minimum absolute atomic E-state index is 0.0595. The molecule has 0 saturated carbocycles. The molecule has 0 unspecified atom stereocenters. The van der Waals surface area contributed by atoms with E-state index in [1.165, 1.54) is 22.5 Å². The summed E-state index contributed by atoms with van der Waals surface area (Å²) >= 11 is 12.4. The number of rotatable bonds is 4. The Morgan fingerprint density at radius 1 is 1.00 bits per heavy atom. The average molecular weight is 461 g/mol. The van der Waals surface area contributed by atoms with Crippen LogP contribution in [0.3, 0.4) is 0 Å². The lowest BCUT2D eigenvalue weighted by Gasteiger charge is -2.20. The van der Waals surface area contributed by atoms with Crippen molar-refractivity contribution >= 4 is 50.5 Å². The number of nitrogens with zero attached hydrogens (tertiary/aromatic N) is 1. The van der Waals surface area contributed by atoms with Crippen LogP contribution in [0.4, 0.5) is 11.4 Å². The lowest BCUT2D eigenvalue weighted by molar-refractivity contribution is 0.102. The zero-order valence-electron chi connectivity index (χ0n) is 16.0. The van der Waals surface area contributed by atoms with Crippen LogP contribution >= 0.6 is 23.2 Å². The van der Waals surface area contributed by atoms with E-state index < -0.39 is 15.9 Å². The molecule has 3 aromatic rings. The second-order valence-electron chi connectivity index (χ2n) is 7.04. The van der Waals surface area contributed by atoms with Crippen molar-refractivity contribution in [1.29, 1.82) is 0 Å². The van der Waals surface area contributed by atoms with Crippen LogP contribution in [0.2, 0.25) is 10.0 Å². The number of para-hydroxylation sites is 1. The van der Waals surface area contributed by atoms with E-state index in [0.717, 1.165) is 11.1 Å². The number of hydrogen-bond acceptors (Lipinski definition) is 3. The number of halogens is 2. The maximum absolute atomic E-state index is 13.3. The fraction of sp³-hybridized carbons (Fsp3) is 0.136. The Labute approximate surface area is 185 Å². The molecule has 1 heterocycles. The quantitative estimate of drug-likeness (QED) is 0.573. The number of carbonyl (C=O) groups is 1. The van der Waals surface area contributed by atoms with Gasteiger partial charge in [0.1, 0.15) is 4.90 Å². The van der Waals surface area contributed by atoms with Crippen LogP contribution in [0, 0.1) is 6.92 Å². The molecule has 0 bridgehead atoms. The summed E-state index contributed by atoms with van der Waals surface area (Å²) in [5.74, 6) is -0.476. The second kappa shape index (κ2) is 7.95. The van der Waals surface area contributed by atoms with Crippen molar-refractivity contribution in [3.05, 3.63) is 87.4 Å². The molecule has 0 aliphatic carbocycles. The molecule has 0 spiro atoms. The Morgan fingerprint density at radius 2 is 1.77 bits per heavy atom. The van der Waals surface area contributed by atoms with Gasteiger partial charge in [-0.15, -0.1) is 0 Å². The van der Waals surface area contributed by atoms with Crippen molar-refractivity contribution in [3.63, 3.8) is 0 Å². The van der Waals surface area contributed by atoms with E-state index in [1.54, 1.807) is 24.3 Å². The number of aryl methyl sites for hydroxylation is 1. The number of nitrogens with one attached hydrogen (secondary N) is 1. The molecule has 5 nitrogen and oxygen atoms in total. The highest BCUT2D eigenvalue weighted by molar-refractivity contribution is 7.93. The first kappa shape index (κ1) is 20.7. The summed E-state index contributed by atoms with van der Waals surface area (Å²) in [6.45, 7) is 2.22. The predicted molar refractivity (Wildman–Crippen MR) is 120 cm³/mol. The average Bonchev–Trinajstić information content (AvgIpc) is 3.15. The van der Waals surface area contributed by atoms with Crippen LogP contribution in [0.1, 0.15) is 21.5 Å². The van der Waals surface area contributed by atoms with Crippen molar-refractivity contribution < 1.29 is 13.2 Å². The summed E-state index contributed by atoms with van der Waals surface area (Å²) in [6, 6.07) is 16.8. The number of carbonyl (C=O) groups excluding carboxylic acids is 1. The first-order chi connectivity index (χ1) is 14.3. The Balaban J connectivity index is 1.67. The van der Waals surface area contributed by atoms with Crippen LogP contribution in [0.25, 0.3) is 0 Å². The Morgan fingerprint density at radius 3 is 2.53 bits per heavy atom. The summed E-state index contributed by atoms with van der Waals surface area (Å²) in [4.78, 5) is 12.6. The molecule has 4 rings (SSSR count). The molecule has 0 atom stereocenters. The number of fused-ring (bicyclic) bond motifs is 1. The normalized spacial score (nSPS) is 13.2. The van der Waals surface area contributed by atoms with Gasteiger partial charge in [0.2, 0.25) is 0 Å². The number of amides is 1. The molecule has 0 saturated heterocycles. The van der Waals surface area contributed by atoms with E-state index in [-0.39, 0.29) is 15.5 Å². The van der Waals surface area contributed by atoms with Gasteiger partial charge in [0.15, 0.2) is 0 Å². The maximum Gasteiger partial charge on any atom is 0.265 e. The molecule has 154 valence electrons. The number of anilines is 2. The third-order valence-corrected chi connectivity index (χ3v) is 7.59. The van der Waals surface area contributed by atoms with Crippen molar-refractivity contribution in [3.8, 4) is 0 Å². The van der Waals surface area contributed by atoms with Crippen molar-refractivity contribution in [1.82, 2.24) is 0 Å². The lowest BCUT2D eigenvalue weighted by Crippen LogP contribution is -2.29. The SMILES string of the molecule is Cc1ccc(NC(=O)c2ccc(Cl)c(S(=O)(=O)N3CCc4ccccc43)c2)c(Cl)c1. The zero-order valence-corrected chi connectivity index (χ0v) is 18.4. The van der Waals surface area contributed by atoms with Gasteiger partial charge in [-0.25, -0.2) is 8.42 Å². The monoisotopic (exact) mass is 460 g/mol. The Kier molecular flexibility index (Phi) is 5.49. The third kappa shape index (κ3) is 3.78. The fourth-order valence-corrected chi connectivity index (χ4v) is 5.72. The van der Waals surface area contributed by atoms with E-state index in [2.05, 4.69) is 5.32 Å². The molecule has 30 heavy (non-hydrogen) atoms. The first-order valence-corrected chi connectivity index (χ1v) is 11.4. The topological polar surface area (TPSA) is 66.5 Å². The van der Waals surface area contributed by atoms with Gasteiger partial charge in [0, 0.05) is 12.1 Å². The van der Waals surface area contributed by atoms with Gasteiger partial charge in [-0.1, -0.05) is 47.5 Å². The van der Waals surface area contributed by atoms with Crippen LogP contribution in [-0.2, 0) is 16.4 Å². The van der Waals surface area contributed by atoms with Crippen LogP contribution in [0.15, 0.2) is 65.6 Å². The summed E-state index contributed by atoms with van der Waals surface area (Å²) in [7, 11) is -3.93. The molecule has 1 N–H and O–H groups in total. The van der Waals surface area contributed by atoms with Gasteiger partial charge in [-0.2, -0.15) is 0 Å². The standard InChI is InChI=1S/C22H18Cl2N2O3S/c1-14-6-9-19(18(24)12-14)25-22(27)16-7-8-17(23)21(13-16)30(28,29)26-11-10-15-4-2-3-5-20(15)26/h2-9,12-13H,10-11H2,1H3,(H,25,27). The number of hydrogen-bond donors (Lipinski definition) is 1. The van der Waals surface area contributed by atoms with E-state index >= 15 is 0 Å². The molecule has 0 aromatic heterocycles. The van der Waals surface area contributed by atoms with E-state index in [9.17, 15) is 13.2 Å². The highest BCUT2D eigenvalue weighted by atomic mass is 35.5. The minimum atomic E-state index is -3.93. The molecule has 0 radical (unpaired) electrons. The van der Waals surface area contributed by atoms with E-state index in [0.29, 0.717) is 29.4 Å². The largest absolute Gasteiger partial charge is 0.321 e. The highest BCUT2D eigenvalue weighted by Gasteiger charge is 2.32. The molecule has 8 heteroatoms. The number of sulfonamides is 1. The molecule has 1 aliphatic heterocycles. The summed E-state index contributed by atoms with van der Waals surface area (Å²) in [5, 5.41) is 3.18. The molecular weight excluding hydrogens is 443 g/mol. The Hall–Kier alpha value is -2.54. The molecule has 1 amide bonds. The predicted octanol–water partition coefficient (Wildman–Crippen LogP) is 5.31. The third-order valence-electron chi connectivity index (χ3n) is 4.98. The number of benzene rings is 3. The van der Waals surface area contributed by atoms with E-state index in [1.807, 2.05) is 25.1 Å². The maximum atomic E-state index is 13.3. The van der Waals surface area contributed by atoms with E-state index in [4.69, 9.17) is 23.2 Å². The van der Waals surface area contributed by atoms with Gasteiger partial charge >= 0.3 is 0 Å². The van der Waals surface area contributed by atoms with Gasteiger partial charge in [0.25, 0.3) is 15.9 Å². The summed E-state index contributed by atoms with van der Waals surface area (Å²) in [5.41, 5.74) is 3.17. The fourth-order valence-electron chi connectivity index (χ4n) is 3.43. The Bertz CT molecular complexity index is 1260. The van der Waals surface area contributed by atoms with Crippen LogP contribution < -0.4 is 9.62 Å². The van der Waals surface area contributed by atoms with Crippen LogP contribution in [0.5, 0.6) is 0 Å². The van der Waals surface area contributed by atoms with Gasteiger partial charge in [-0.05, 0) is 60.9 Å². The van der Waals surface area contributed by atoms with Crippen molar-refractivity contribution in [2.75, 3.05) is 16.2 Å².